The van der Waals surface area contributed by atoms with Crippen LogP contribution in [-0.2, 0) is 0 Å². The minimum atomic E-state index is 0.676. The van der Waals surface area contributed by atoms with Gasteiger partial charge in [-0.3, -0.25) is 4.57 Å². The van der Waals surface area contributed by atoms with Crippen molar-refractivity contribution < 1.29 is 0 Å². The highest BCUT2D eigenvalue weighted by atomic mass is 15.2. The Kier molecular flexibility index (Phi) is 4.11. The average molecular weight is 437 g/mol. The third-order valence-corrected chi connectivity index (χ3v) is 6.38. The third-order valence-electron chi connectivity index (χ3n) is 6.38. The second-order valence-corrected chi connectivity index (χ2v) is 8.36. The van der Waals surface area contributed by atoms with E-state index in [-0.39, 0.29) is 0 Å². The van der Waals surface area contributed by atoms with Crippen LogP contribution in [0.4, 0.5) is 0 Å². The van der Waals surface area contributed by atoms with Crippen molar-refractivity contribution in [3.05, 3.63) is 121 Å². The molecular formula is C30H20N4. The lowest BCUT2D eigenvalue weighted by Gasteiger charge is -2.12. The topological polar surface area (TPSA) is 35.6 Å². The lowest BCUT2D eigenvalue weighted by Crippen LogP contribution is -2.04. The van der Waals surface area contributed by atoms with Crippen LogP contribution < -0.4 is 0 Å². The van der Waals surface area contributed by atoms with Crippen LogP contribution in [0.15, 0.2) is 121 Å². The molecule has 0 unspecified atom stereocenters. The predicted molar refractivity (Wildman–Crippen MR) is 139 cm³/mol. The van der Waals surface area contributed by atoms with Gasteiger partial charge in [-0.25, -0.2) is 9.97 Å². The van der Waals surface area contributed by atoms with Crippen LogP contribution in [-0.4, -0.2) is 19.1 Å². The SMILES string of the molecule is c1ccc(-c2nc(-n3c4ccccc4c4ccccc43)nc3ccn(-c4ccccc4)c23)cc1. The first-order chi connectivity index (χ1) is 16.9. The van der Waals surface area contributed by atoms with E-state index >= 15 is 0 Å². The molecule has 3 aromatic heterocycles. The summed E-state index contributed by atoms with van der Waals surface area (Å²) in [5, 5.41) is 2.40. The van der Waals surface area contributed by atoms with Crippen LogP contribution in [0, 0.1) is 0 Å². The van der Waals surface area contributed by atoms with Crippen LogP contribution in [0.1, 0.15) is 0 Å². The van der Waals surface area contributed by atoms with Crippen molar-refractivity contribution in [2.24, 2.45) is 0 Å². The first-order valence-corrected chi connectivity index (χ1v) is 11.4. The zero-order valence-corrected chi connectivity index (χ0v) is 18.3. The Labute approximate surface area is 196 Å². The Morgan fingerprint density at radius 2 is 1.12 bits per heavy atom. The molecule has 0 atom stereocenters. The number of rotatable bonds is 3. The summed E-state index contributed by atoms with van der Waals surface area (Å²) in [5.41, 5.74) is 7.18. The van der Waals surface area contributed by atoms with E-state index in [1.54, 1.807) is 0 Å². The summed E-state index contributed by atoms with van der Waals surface area (Å²) in [4.78, 5) is 10.3. The highest BCUT2D eigenvalue weighted by Gasteiger charge is 2.19. The van der Waals surface area contributed by atoms with Crippen molar-refractivity contribution >= 4 is 32.8 Å². The molecule has 34 heavy (non-hydrogen) atoms. The molecule has 0 aliphatic heterocycles. The Hall–Kier alpha value is -4.70. The first-order valence-electron chi connectivity index (χ1n) is 11.4. The van der Waals surface area contributed by atoms with Gasteiger partial charge in [0.1, 0.15) is 5.69 Å². The highest BCUT2D eigenvalue weighted by molar-refractivity contribution is 6.09. The van der Waals surface area contributed by atoms with Crippen molar-refractivity contribution in [3.63, 3.8) is 0 Å². The Morgan fingerprint density at radius 1 is 0.529 bits per heavy atom. The molecule has 0 aliphatic carbocycles. The van der Waals surface area contributed by atoms with E-state index in [0.717, 1.165) is 39.0 Å². The standard InChI is InChI=1S/C30H20N4/c1-3-11-21(12-4-1)28-29-25(19-20-33(29)22-13-5-2-6-14-22)31-30(32-28)34-26-17-9-7-15-23(26)24-16-8-10-18-27(24)34/h1-20H. The van der Waals surface area contributed by atoms with E-state index in [4.69, 9.17) is 9.97 Å². The van der Waals surface area contributed by atoms with Gasteiger partial charge in [0.25, 0.3) is 0 Å². The van der Waals surface area contributed by atoms with Crippen molar-refractivity contribution in [3.8, 4) is 22.9 Å². The van der Waals surface area contributed by atoms with Gasteiger partial charge in [0.15, 0.2) is 0 Å². The minimum Gasteiger partial charge on any atom is -0.313 e. The van der Waals surface area contributed by atoms with Crippen LogP contribution in [0.5, 0.6) is 0 Å². The fraction of sp³-hybridized carbons (Fsp3) is 0. The molecule has 0 saturated carbocycles. The number of nitrogens with zero attached hydrogens (tertiary/aromatic N) is 4. The summed E-state index contributed by atoms with van der Waals surface area (Å²) < 4.78 is 4.35. The van der Waals surface area contributed by atoms with Crippen molar-refractivity contribution in [2.75, 3.05) is 0 Å². The molecule has 4 aromatic carbocycles. The van der Waals surface area contributed by atoms with Gasteiger partial charge in [0.2, 0.25) is 5.95 Å². The van der Waals surface area contributed by atoms with Gasteiger partial charge in [-0.1, -0.05) is 84.9 Å². The maximum Gasteiger partial charge on any atom is 0.235 e. The van der Waals surface area contributed by atoms with Crippen LogP contribution >= 0.6 is 0 Å². The maximum atomic E-state index is 5.20. The molecule has 4 heteroatoms. The molecule has 160 valence electrons. The smallest absolute Gasteiger partial charge is 0.235 e. The van der Waals surface area contributed by atoms with E-state index < -0.39 is 0 Å². The van der Waals surface area contributed by atoms with Crippen LogP contribution in [0.3, 0.4) is 0 Å². The summed E-state index contributed by atoms with van der Waals surface area (Å²) in [5.74, 6) is 0.676. The van der Waals surface area contributed by atoms with E-state index in [1.165, 1.54) is 10.8 Å². The predicted octanol–water partition coefficient (Wildman–Crippen LogP) is 7.18. The van der Waals surface area contributed by atoms with Gasteiger partial charge in [-0.2, -0.15) is 0 Å². The Morgan fingerprint density at radius 3 is 1.79 bits per heavy atom. The summed E-state index contributed by atoms with van der Waals surface area (Å²) in [6.07, 6.45) is 2.08. The first kappa shape index (κ1) is 18.8. The van der Waals surface area contributed by atoms with Crippen molar-refractivity contribution in [2.45, 2.75) is 0 Å². The average Bonchev–Trinajstić information content (AvgIpc) is 3.49. The van der Waals surface area contributed by atoms with Gasteiger partial charge in [-0.05, 0) is 30.3 Å². The molecule has 0 amide bonds. The minimum absolute atomic E-state index is 0.676. The van der Waals surface area contributed by atoms with Gasteiger partial charge in [0, 0.05) is 28.2 Å². The maximum absolute atomic E-state index is 5.20. The summed E-state index contributed by atoms with van der Waals surface area (Å²) in [6.45, 7) is 0. The molecule has 7 aromatic rings. The zero-order chi connectivity index (χ0) is 22.5. The Balaban J connectivity index is 1.59. The number of para-hydroxylation sites is 3. The van der Waals surface area contributed by atoms with Gasteiger partial charge in [0.05, 0.1) is 22.1 Å². The van der Waals surface area contributed by atoms with Crippen LogP contribution in [0.25, 0.3) is 55.7 Å². The summed E-state index contributed by atoms with van der Waals surface area (Å²) in [6, 6.07) is 39.7. The normalized spacial score (nSPS) is 11.5. The van der Waals surface area contributed by atoms with Gasteiger partial charge >= 0.3 is 0 Å². The van der Waals surface area contributed by atoms with E-state index in [0.29, 0.717) is 5.95 Å². The fourth-order valence-corrected chi connectivity index (χ4v) is 4.87. The molecule has 7 rings (SSSR count). The van der Waals surface area contributed by atoms with Gasteiger partial charge < -0.3 is 4.57 Å². The molecule has 0 spiro atoms. The molecule has 3 heterocycles. The zero-order valence-electron chi connectivity index (χ0n) is 18.3. The highest BCUT2D eigenvalue weighted by Crippen LogP contribution is 2.34. The monoisotopic (exact) mass is 436 g/mol. The van der Waals surface area contributed by atoms with Crippen LogP contribution in [0.2, 0.25) is 0 Å². The second kappa shape index (κ2) is 7.42. The molecule has 0 fully saturated rings. The molecule has 4 nitrogen and oxygen atoms in total. The lowest BCUT2D eigenvalue weighted by molar-refractivity contribution is 1.01. The number of benzene rings is 4. The van der Waals surface area contributed by atoms with Crippen molar-refractivity contribution in [1.29, 1.82) is 0 Å². The summed E-state index contributed by atoms with van der Waals surface area (Å²) >= 11 is 0. The van der Waals surface area contributed by atoms with E-state index in [1.807, 2.05) is 12.1 Å². The molecule has 0 saturated heterocycles. The van der Waals surface area contributed by atoms with Gasteiger partial charge in [-0.15, -0.1) is 0 Å². The Bertz CT molecular complexity index is 1740. The quantitative estimate of drug-likeness (QED) is 0.294. The third kappa shape index (κ3) is 2.79. The van der Waals surface area contributed by atoms with E-state index in [2.05, 4.69) is 118 Å². The number of aromatic nitrogens is 4. The number of hydrogen-bond acceptors (Lipinski definition) is 2. The lowest BCUT2D eigenvalue weighted by atomic mass is 10.1. The van der Waals surface area contributed by atoms with E-state index in [9.17, 15) is 0 Å². The number of fused-ring (bicyclic) bond motifs is 4. The molecular weight excluding hydrogens is 416 g/mol. The molecule has 0 bridgehead atoms. The van der Waals surface area contributed by atoms with Crippen molar-refractivity contribution in [1.82, 2.24) is 19.1 Å². The fourth-order valence-electron chi connectivity index (χ4n) is 4.87. The molecule has 0 aliphatic rings. The largest absolute Gasteiger partial charge is 0.313 e. The number of hydrogen-bond donors (Lipinski definition) is 0. The molecule has 0 radical (unpaired) electrons. The second-order valence-electron chi connectivity index (χ2n) is 8.36. The molecule has 0 N–H and O–H groups in total. The summed E-state index contributed by atoms with van der Waals surface area (Å²) in [7, 11) is 0.